The first-order chi connectivity index (χ1) is 7.76. The topological polar surface area (TPSA) is 43.8 Å². The minimum atomic E-state index is 0.477. The van der Waals surface area contributed by atoms with Crippen molar-refractivity contribution in [3.63, 3.8) is 0 Å². The summed E-state index contributed by atoms with van der Waals surface area (Å²) >= 11 is 3.54. The first kappa shape index (κ1) is 11.4. The fourth-order valence-corrected chi connectivity index (χ4v) is 2.11. The van der Waals surface area contributed by atoms with Gasteiger partial charge < -0.3 is 5.73 Å². The number of hydrogen-bond donors (Lipinski definition) is 1. The second-order valence-electron chi connectivity index (χ2n) is 3.55. The summed E-state index contributed by atoms with van der Waals surface area (Å²) in [6.45, 7) is 2.59. The van der Waals surface area contributed by atoms with Crippen molar-refractivity contribution in [1.29, 1.82) is 0 Å². The molecule has 1 aromatic heterocycles. The van der Waals surface area contributed by atoms with E-state index in [-0.39, 0.29) is 0 Å². The summed E-state index contributed by atoms with van der Waals surface area (Å²) < 4.78 is 2.99. The van der Waals surface area contributed by atoms with Gasteiger partial charge in [-0.2, -0.15) is 5.10 Å². The van der Waals surface area contributed by atoms with E-state index in [1.165, 1.54) is 5.69 Å². The van der Waals surface area contributed by atoms with E-state index in [2.05, 4.69) is 34.0 Å². The Hall–Kier alpha value is -1.13. The lowest BCUT2D eigenvalue weighted by Crippen LogP contribution is -2.03. The molecular formula is C12H14BrN3. The molecular weight excluding hydrogens is 266 g/mol. The van der Waals surface area contributed by atoms with Crippen LogP contribution in [0, 0.1) is 0 Å². The third-order valence-electron chi connectivity index (χ3n) is 2.49. The van der Waals surface area contributed by atoms with Gasteiger partial charge in [0.05, 0.1) is 11.4 Å². The number of aromatic nitrogens is 2. The van der Waals surface area contributed by atoms with Crippen molar-refractivity contribution in [2.45, 2.75) is 19.9 Å². The Morgan fingerprint density at radius 3 is 2.75 bits per heavy atom. The molecule has 4 heteroatoms. The molecule has 0 fully saturated rings. The van der Waals surface area contributed by atoms with E-state index in [1.54, 1.807) is 0 Å². The highest BCUT2D eigenvalue weighted by molar-refractivity contribution is 9.10. The number of nitrogens with zero attached hydrogens (tertiary/aromatic N) is 2. The second kappa shape index (κ2) is 4.80. The van der Waals surface area contributed by atoms with Gasteiger partial charge in [0.1, 0.15) is 0 Å². The molecule has 2 aromatic rings. The van der Waals surface area contributed by atoms with Crippen LogP contribution in [0.3, 0.4) is 0 Å². The van der Waals surface area contributed by atoms with E-state index < -0.39 is 0 Å². The number of hydrogen-bond acceptors (Lipinski definition) is 2. The third-order valence-corrected chi connectivity index (χ3v) is 3.16. The fourth-order valence-electron chi connectivity index (χ4n) is 1.66. The summed E-state index contributed by atoms with van der Waals surface area (Å²) in [5.74, 6) is 0. The Bertz CT molecular complexity index is 491. The summed E-state index contributed by atoms with van der Waals surface area (Å²) in [5, 5.41) is 4.49. The van der Waals surface area contributed by atoms with Crippen LogP contribution in [0.15, 0.2) is 34.8 Å². The van der Waals surface area contributed by atoms with Gasteiger partial charge in [0.25, 0.3) is 0 Å². The van der Waals surface area contributed by atoms with Gasteiger partial charge in [-0.3, -0.25) is 0 Å². The van der Waals surface area contributed by atoms with Crippen molar-refractivity contribution in [3.05, 3.63) is 46.2 Å². The van der Waals surface area contributed by atoms with E-state index >= 15 is 0 Å². The maximum absolute atomic E-state index is 5.62. The molecule has 0 unspecified atom stereocenters. The zero-order valence-electron chi connectivity index (χ0n) is 9.15. The SMILES string of the molecule is CCc1cc(CN)nn1-c1ccccc1Br. The Labute approximate surface area is 103 Å². The molecule has 0 saturated carbocycles. The van der Waals surface area contributed by atoms with Crippen molar-refractivity contribution in [1.82, 2.24) is 9.78 Å². The molecule has 1 aromatic carbocycles. The number of aryl methyl sites for hydroxylation is 1. The second-order valence-corrected chi connectivity index (χ2v) is 4.40. The predicted molar refractivity (Wildman–Crippen MR) is 68.5 cm³/mol. The summed E-state index contributed by atoms with van der Waals surface area (Å²) in [5.41, 5.74) is 8.77. The lowest BCUT2D eigenvalue weighted by atomic mass is 10.2. The van der Waals surface area contributed by atoms with Crippen LogP contribution in [0.25, 0.3) is 5.69 Å². The average Bonchev–Trinajstić information content (AvgIpc) is 2.72. The molecule has 1 heterocycles. The maximum Gasteiger partial charge on any atom is 0.0790 e. The molecule has 0 spiro atoms. The molecule has 0 amide bonds. The summed E-state index contributed by atoms with van der Waals surface area (Å²) in [6.07, 6.45) is 0.939. The van der Waals surface area contributed by atoms with Gasteiger partial charge in [-0.05, 0) is 40.5 Å². The highest BCUT2D eigenvalue weighted by atomic mass is 79.9. The Kier molecular flexibility index (Phi) is 3.41. The van der Waals surface area contributed by atoms with Crippen molar-refractivity contribution >= 4 is 15.9 Å². The molecule has 0 saturated heterocycles. The molecule has 0 atom stereocenters. The first-order valence-corrected chi connectivity index (χ1v) is 6.08. The highest BCUT2D eigenvalue weighted by Gasteiger charge is 2.09. The number of nitrogens with two attached hydrogens (primary N) is 1. The maximum atomic E-state index is 5.62. The van der Waals surface area contributed by atoms with Crippen LogP contribution >= 0.6 is 15.9 Å². The Balaban J connectivity index is 2.54. The Morgan fingerprint density at radius 2 is 2.12 bits per heavy atom. The molecule has 3 nitrogen and oxygen atoms in total. The van der Waals surface area contributed by atoms with Crippen molar-refractivity contribution in [2.24, 2.45) is 5.73 Å². The standard InChI is InChI=1S/C12H14BrN3/c1-2-10-7-9(8-14)15-16(10)12-6-4-3-5-11(12)13/h3-7H,2,8,14H2,1H3. The van der Waals surface area contributed by atoms with Crippen LogP contribution in [0.1, 0.15) is 18.3 Å². The quantitative estimate of drug-likeness (QED) is 0.939. The highest BCUT2D eigenvalue weighted by Crippen LogP contribution is 2.22. The van der Waals surface area contributed by atoms with Gasteiger partial charge in [-0.1, -0.05) is 19.1 Å². The van der Waals surface area contributed by atoms with Gasteiger partial charge in [0, 0.05) is 16.7 Å². The van der Waals surface area contributed by atoms with Crippen LogP contribution in [-0.2, 0) is 13.0 Å². The van der Waals surface area contributed by atoms with E-state index in [1.807, 2.05) is 28.9 Å². The van der Waals surface area contributed by atoms with Crippen LogP contribution in [0.4, 0.5) is 0 Å². The van der Waals surface area contributed by atoms with E-state index in [4.69, 9.17) is 5.73 Å². The third kappa shape index (κ3) is 2.03. The minimum Gasteiger partial charge on any atom is -0.325 e. The predicted octanol–water partition coefficient (Wildman–Crippen LogP) is 2.66. The van der Waals surface area contributed by atoms with Gasteiger partial charge in [0.2, 0.25) is 0 Å². The molecule has 0 bridgehead atoms. The smallest absolute Gasteiger partial charge is 0.0790 e. The lowest BCUT2D eigenvalue weighted by Gasteiger charge is -2.07. The molecule has 84 valence electrons. The van der Waals surface area contributed by atoms with Gasteiger partial charge >= 0.3 is 0 Å². The van der Waals surface area contributed by atoms with E-state index in [0.717, 1.165) is 22.3 Å². The van der Waals surface area contributed by atoms with Crippen molar-refractivity contribution in [2.75, 3.05) is 0 Å². The van der Waals surface area contributed by atoms with Gasteiger partial charge in [-0.15, -0.1) is 0 Å². The number of rotatable bonds is 3. The minimum absolute atomic E-state index is 0.477. The Morgan fingerprint density at radius 1 is 1.38 bits per heavy atom. The molecule has 2 N–H and O–H groups in total. The van der Waals surface area contributed by atoms with Crippen molar-refractivity contribution in [3.8, 4) is 5.69 Å². The summed E-state index contributed by atoms with van der Waals surface area (Å²) in [4.78, 5) is 0. The molecule has 16 heavy (non-hydrogen) atoms. The fraction of sp³-hybridized carbons (Fsp3) is 0.250. The molecule has 0 aliphatic carbocycles. The zero-order chi connectivity index (χ0) is 11.5. The summed E-state index contributed by atoms with van der Waals surface area (Å²) in [7, 11) is 0. The van der Waals surface area contributed by atoms with Gasteiger partial charge in [-0.25, -0.2) is 4.68 Å². The molecule has 0 radical (unpaired) electrons. The number of para-hydroxylation sites is 1. The van der Waals surface area contributed by atoms with Crippen LogP contribution < -0.4 is 5.73 Å². The number of benzene rings is 1. The van der Waals surface area contributed by atoms with Crippen LogP contribution in [0.2, 0.25) is 0 Å². The average molecular weight is 280 g/mol. The van der Waals surface area contributed by atoms with Gasteiger partial charge in [0.15, 0.2) is 0 Å². The molecule has 0 aliphatic heterocycles. The van der Waals surface area contributed by atoms with Crippen LogP contribution in [-0.4, -0.2) is 9.78 Å². The first-order valence-electron chi connectivity index (χ1n) is 5.29. The summed E-state index contributed by atoms with van der Waals surface area (Å²) in [6, 6.07) is 10.1. The normalized spacial score (nSPS) is 10.7. The zero-order valence-corrected chi connectivity index (χ0v) is 10.7. The van der Waals surface area contributed by atoms with E-state index in [0.29, 0.717) is 6.54 Å². The lowest BCUT2D eigenvalue weighted by molar-refractivity contribution is 0.787. The van der Waals surface area contributed by atoms with E-state index in [9.17, 15) is 0 Å². The number of halogens is 1. The molecule has 0 aliphatic rings. The monoisotopic (exact) mass is 279 g/mol. The van der Waals surface area contributed by atoms with Crippen molar-refractivity contribution < 1.29 is 0 Å². The van der Waals surface area contributed by atoms with Crippen LogP contribution in [0.5, 0.6) is 0 Å². The molecule has 2 rings (SSSR count). The largest absolute Gasteiger partial charge is 0.325 e.